The first-order valence-corrected chi connectivity index (χ1v) is 10.0. The highest BCUT2D eigenvalue weighted by atomic mass is 32.2. The standard InChI is InChI=1S/C20H26N2O3S/c1-4-5-10-24-17-8-6-16(7-9-17)11-18-19(23)21-20(26-18)22-12-14(2)25-15(3)13-22/h6-9,11,14-15H,4-5,10,12-13H2,1-3H3/b18-11-. The van der Waals surface area contributed by atoms with Gasteiger partial charge in [0.1, 0.15) is 5.75 Å². The van der Waals surface area contributed by atoms with Crippen molar-refractivity contribution in [3.8, 4) is 5.75 Å². The van der Waals surface area contributed by atoms with Gasteiger partial charge in [-0.2, -0.15) is 4.99 Å². The third-order valence-electron chi connectivity index (χ3n) is 4.24. The molecule has 0 bridgehead atoms. The summed E-state index contributed by atoms with van der Waals surface area (Å²) >= 11 is 1.45. The van der Waals surface area contributed by atoms with E-state index in [1.807, 2.05) is 44.2 Å². The van der Waals surface area contributed by atoms with Gasteiger partial charge in [0.2, 0.25) is 0 Å². The molecule has 140 valence electrons. The highest BCUT2D eigenvalue weighted by molar-refractivity contribution is 8.18. The Morgan fingerprint density at radius 3 is 2.62 bits per heavy atom. The zero-order valence-corrected chi connectivity index (χ0v) is 16.4. The second-order valence-electron chi connectivity index (χ2n) is 6.74. The van der Waals surface area contributed by atoms with Crippen molar-refractivity contribution >= 4 is 28.9 Å². The molecule has 0 radical (unpaired) electrons. The molecule has 2 atom stereocenters. The fourth-order valence-corrected chi connectivity index (χ4v) is 3.94. The fourth-order valence-electron chi connectivity index (χ4n) is 3.01. The molecule has 2 heterocycles. The minimum Gasteiger partial charge on any atom is -0.494 e. The number of carbonyl (C=O) groups excluding carboxylic acids is 1. The number of hydrogen-bond acceptors (Lipinski definition) is 5. The molecule has 2 aliphatic heterocycles. The zero-order chi connectivity index (χ0) is 18.5. The summed E-state index contributed by atoms with van der Waals surface area (Å²) in [5, 5.41) is 0.780. The van der Waals surface area contributed by atoms with Crippen LogP contribution < -0.4 is 4.74 Å². The average molecular weight is 375 g/mol. The predicted molar refractivity (Wildman–Crippen MR) is 106 cm³/mol. The lowest BCUT2D eigenvalue weighted by Crippen LogP contribution is -2.47. The molecule has 0 spiro atoms. The lowest BCUT2D eigenvalue weighted by atomic mass is 10.2. The number of unbranched alkanes of at least 4 members (excludes halogenated alkanes) is 1. The first-order valence-electron chi connectivity index (χ1n) is 9.21. The van der Waals surface area contributed by atoms with Gasteiger partial charge in [-0.1, -0.05) is 25.5 Å². The fraction of sp³-hybridized carbons (Fsp3) is 0.500. The van der Waals surface area contributed by atoms with Gasteiger partial charge in [-0.05, 0) is 55.8 Å². The third-order valence-corrected chi connectivity index (χ3v) is 5.29. The highest BCUT2D eigenvalue weighted by Crippen LogP contribution is 2.31. The number of benzene rings is 1. The van der Waals surface area contributed by atoms with Crippen molar-refractivity contribution in [3.05, 3.63) is 34.7 Å². The van der Waals surface area contributed by atoms with Crippen molar-refractivity contribution in [1.29, 1.82) is 0 Å². The molecule has 1 aromatic carbocycles. The molecule has 1 aromatic rings. The van der Waals surface area contributed by atoms with Gasteiger partial charge in [-0.25, -0.2) is 0 Å². The minimum atomic E-state index is -0.167. The average Bonchev–Trinajstić information content (AvgIpc) is 2.97. The summed E-state index contributed by atoms with van der Waals surface area (Å²) in [6.07, 6.45) is 4.35. The van der Waals surface area contributed by atoms with Gasteiger partial charge in [0.15, 0.2) is 5.17 Å². The smallest absolute Gasteiger partial charge is 0.286 e. The Labute approximate surface area is 159 Å². The zero-order valence-electron chi connectivity index (χ0n) is 15.6. The van der Waals surface area contributed by atoms with Crippen LogP contribution >= 0.6 is 11.8 Å². The highest BCUT2D eigenvalue weighted by Gasteiger charge is 2.30. The van der Waals surface area contributed by atoms with Crippen LogP contribution in [0.2, 0.25) is 0 Å². The lowest BCUT2D eigenvalue weighted by molar-refractivity contribution is -0.113. The van der Waals surface area contributed by atoms with E-state index in [0.29, 0.717) is 4.91 Å². The summed E-state index contributed by atoms with van der Waals surface area (Å²) in [6.45, 7) is 8.50. The first-order chi connectivity index (χ1) is 12.5. The van der Waals surface area contributed by atoms with Gasteiger partial charge in [0, 0.05) is 13.1 Å². The van der Waals surface area contributed by atoms with E-state index in [-0.39, 0.29) is 18.1 Å². The van der Waals surface area contributed by atoms with Crippen LogP contribution in [0.4, 0.5) is 0 Å². The molecule has 0 aliphatic carbocycles. The maximum absolute atomic E-state index is 12.3. The second-order valence-corrected chi connectivity index (χ2v) is 7.75. The van der Waals surface area contributed by atoms with Crippen molar-refractivity contribution < 1.29 is 14.3 Å². The van der Waals surface area contributed by atoms with E-state index in [1.165, 1.54) is 11.8 Å². The number of amidine groups is 1. The van der Waals surface area contributed by atoms with Gasteiger partial charge in [0.05, 0.1) is 23.7 Å². The quantitative estimate of drug-likeness (QED) is 0.577. The Kier molecular flexibility index (Phi) is 6.38. The number of amides is 1. The van der Waals surface area contributed by atoms with Crippen molar-refractivity contribution in [1.82, 2.24) is 4.90 Å². The molecule has 0 saturated carbocycles. The van der Waals surface area contributed by atoms with Gasteiger partial charge in [0.25, 0.3) is 5.91 Å². The van der Waals surface area contributed by atoms with Crippen LogP contribution in [-0.2, 0) is 9.53 Å². The SMILES string of the molecule is CCCCOc1ccc(/C=C2\SC(N3CC(C)OC(C)C3)=NC2=O)cc1. The largest absolute Gasteiger partial charge is 0.494 e. The van der Waals surface area contributed by atoms with Crippen LogP contribution in [0.5, 0.6) is 5.75 Å². The van der Waals surface area contributed by atoms with Crippen LogP contribution in [0.25, 0.3) is 6.08 Å². The Morgan fingerprint density at radius 1 is 1.27 bits per heavy atom. The molecule has 5 nitrogen and oxygen atoms in total. The molecule has 3 rings (SSSR count). The molecule has 1 saturated heterocycles. The predicted octanol–water partition coefficient (Wildman–Crippen LogP) is 3.95. The number of nitrogens with zero attached hydrogens (tertiary/aromatic N) is 2. The van der Waals surface area contributed by atoms with Crippen LogP contribution in [0.3, 0.4) is 0 Å². The summed E-state index contributed by atoms with van der Waals surface area (Å²) < 4.78 is 11.4. The number of rotatable bonds is 5. The van der Waals surface area contributed by atoms with E-state index in [2.05, 4.69) is 16.8 Å². The molecule has 6 heteroatoms. The topological polar surface area (TPSA) is 51.1 Å². The Bertz CT molecular complexity index is 690. The number of hydrogen-bond donors (Lipinski definition) is 0. The maximum Gasteiger partial charge on any atom is 0.286 e. The van der Waals surface area contributed by atoms with E-state index < -0.39 is 0 Å². The lowest BCUT2D eigenvalue weighted by Gasteiger charge is -2.35. The van der Waals surface area contributed by atoms with E-state index in [1.54, 1.807) is 0 Å². The molecular weight excluding hydrogens is 348 g/mol. The Balaban J connectivity index is 1.63. The molecule has 2 aliphatic rings. The number of aliphatic imine (C=N–C) groups is 1. The van der Waals surface area contributed by atoms with Crippen molar-refractivity contribution in [2.45, 2.75) is 45.8 Å². The van der Waals surface area contributed by atoms with Crippen molar-refractivity contribution in [2.24, 2.45) is 4.99 Å². The summed E-state index contributed by atoms with van der Waals surface area (Å²) in [4.78, 5) is 19.3. The summed E-state index contributed by atoms with van der Waals surface area (Å²) in [7, 11) is 0. The summed E-state index contributed by atoms with van der Waals surface area (Å²) in [5.74, 6) is 0.694. The van der Waals surface area contributed by atoms with Gasteiger partial charge >= 0.3 is 0 Å². The molecule has 1 amide bonds. The van der Waals surface area contributed by atoms with Crippen molar-refractivity contribution in [2.75, 3.05) is 19.7 Å². The van der Waals surface area contributed by atoms with Gasteiger partial charge < -0.3 is 14.4 Å². The van der Waals surface area contributed by atoms with E-state index in [9.17, 15) is 4.79 Å². The number of thioether (sulfide) groups is 1. The van der Waals surface area contributed by atoms with Gasteiger partial charge in [-0.3, -0.25) is 4.79 Å². The minimum absolute atomic E-state index is 0.144. The molecular formula is C20H26N2O3S. The third kappa shape index (κ3) is 4.89. The molecule has 0 N–H and O–H groups in total. The second kappa shape index (κ2) is 8.73. The number of morpholine rings is 1. The van der Waals surface area contributed by atoms with Crippen LogP contribution in [0.1, 0.15) is 39.2 Å². The van der Waals surface area contributed by atoms with E-state index in [4.69, 9.17) is 9.47 Å². The van der Waals surface area contributed by atoms with Gasteiger partial charge in [-0.15, -0.1) is 0 Å². The van der Waals surface area contributed by atoms with Crippen LogP contribution in [0.15, 0.2) is 34.2 Å². The van der Waals surface area contributed by atoms with Crippen molar-refractivity contribution in [3.63, 3.8) is 0 Å². The molecule has 1 fully saturated rings. The van der Waals surface area contributed by atoms with E-state index in [0.717, 1.165) is 49.0 Å². The molecule has 26 heavy (non-hydrogen) atoms. The first kappa shape index (κ1) is 19.0. The number of carbonyl (C=O) groups is 1. The monoisotopic (exact) mass is 374 g/mol. The summed E-state index contributed by atoms with van der Waals surface area (Å²) in [6, 6.07) is 7.83. The Morgan fingerprint density at radius 2 is 1.96 bits per heavy atom. The van der Waals surface area contributed by atoms with E-state index >= 15 is 0 Å². The molecule has 0 aromatic heterocycles. The van der Waals surface area contributed by atoms with Crippen LogP contribution in [-0.4, -0.2) is 47.9 Å². The normalized spacial score (nSPS) is 24.9. The van der Waals surface area contributed by atoms with Crippen LogP contribution in [0, 0.1) is 0 Å². The molecule has 2 unspecified atom stereocenters. The summed E-state index contributed by atoms with van der Waals surface area (Å²) in [5.41, 5.74) is 0.976. The number of ether oxygens (including phenoxy) is 2. The Hall–Kier alpha value is -1.79. The maximum atomic E-state index is 12.3.